The fourth-order valence-corrected chi connectivity index (χ4v) is 5.21. The van der Waals surface area contributed by atoms with Gasteiger partial charge in [-0.05, 0) is 65.2 Å². The molecule has 3 aromatic heterocycles. The number of tetrazole rings is 1. The number of rotatable bonds is 10. The standard InChI is InChI=1S/C29H30N6O4/c1-37-22-11-12-26-21(15-22)16-25(29(36)30-26)27(28-31-32-33-35(28)19-24-10-6-14-39-24)34(18-23-9-5-13-38-23)17-20-7-3-2-4-8-20/h2-5,7-9,11-13,15-16,24,27H,6,10,14,17-19H2,1H3,(H,30,36). The van der Waals surface area contributed by atoms with Gasteiger partial charge in [-0.1, -0.05) is 30.3 Å². The third-order valence-electron chi connectivity index (χ3n) is 7.11. The molecule has 0 aliphatic carbocycles. The monoisotopic (exact) mass is 526 g/mol. The van der Waals surface area contributed by atoms with Crippen molar-refractivity contribution in [3.63, 3.8) is 0 Å². The number of methoxy groups -OCH3 is 1. The molecule has 1 aliphatic heterocycles. The van der Waals surface area contributed by atoms with Crippen molar-refractivity contribution in [3.8, 4) is 5.75 Å². The Hall–Kier alpha value is -4.28. The summed E-state index contributed by atoms with van der Waals surface area (Å²) in [5.74, 6) is 2.05. The zero-order chi connectivity index (χ0) is 26.6. The number of nitrogens with one attached hydrogen (secondary N) is 1. The van der Waals surface area contributed by atoms with Gasteiger partial charge >= 0.3 is 0 Å². The molecule has 2 atom stereocenters. The summed E-state index contributed by atoms with van der Waals surface area (Å²) in [4.78, 5) is 18.9. The lowest BCUT2D eigenvalue weighted by atomic mass is 10.0. The first kappa shape index (κ1) is 25.0. The quantitative estimate of drug-likeness (QED) is 0.290. The van der Waals surface area contributed by atoms with E-state index in [0.717, 1.165) is 41.7 Å². The molecule has 5 aromatic rings. The zero-order valence-corrected chi connectivity index (χ0v) is 21.7. The lowest BCUT2D eigenvalue weighted by molar-refractivity contribution is 0.0901. The number of benzene rings is 2. The molecule has 1 fully saturated rings. The molecule has 6 rings (SSSR count). The smallest absolute Gasteiger partial charge is 0.253 e. The van der Waals surface area contributed by atoms with Crippen molar-refractivity contribution in [2.24, 2.45) is 0 Å². The Balaban J connectivity index is 1.50. The van der Waals surface area contributed by atoms with Crippen molar-refractivity contribution in [1.29, 1.82) is 0 Å². The van der Waals surface area contributed by atoms with Gasteiger partial charge in [0.2, 0.25) is 0 Å². The third-order valence-corrected chi connectivity index (χ3v) is 7.11. The molecule has 10 nitrogen and oxygen atoms in total. The van der Waals surface area contributed by atoms with Gasteiger partial charge in [0.05, 0.1) is 32.6 Å². The van der Waals surface area contributed by atoms with E-state index in [1.165, 1.54) is 0 Å². The van der Waals surface area contributed by atoms with E-state index in [-0.39, 0.29) is 11.7 Å². The normalized spacial score (nSPS) is 16.2. The topological polar surface area (TPSA) is 111 Å². The van der Waals surface area contributed by atoms with E-state index in [2.05, 4.69) is 37.5 Å². The van der Waals surface area contributed by atoms with Gasteiger partial charge in [-0.15, -0.1) is 5.10 Å². The first-order valence-corrected chi connectivity index (χ1v) is 13.1. The van der Waals surface area contributed by atoms with E-state index in [1.54, 1.807) is 18.1 Å². The van der Waals surface area contributed by atoms with E-state index < -0.39 is 6.04 Å². The van der Waals surface area contributed by atoms with Crippen LogP contribution >= 0.6 is 0 Å². The molecule has 1 aliphatic rings. The fourth-order valence-electron chi connectivity index (χ4n) is 5.21. The van der Waals surface area contributed by atoms with Gasteiger partial charge in [0.25, 0.3) is 5.56 Å². The van der Waals surface area contributed by atoms with Crippen LogP contribution < -0.4 is 10.3 Å². The third kappa shape index (κ3) is 5.47. The minimum Gasteiger partial charge on any atom is -0.497 e. The Bertz CT molecular complexity index is 1570. The Kier molecular flexibility index (Phi) is 7.20. The van der Waals surface area contributed by atoms with Crippen LogP contribution in [0.4, 0.5) is 0 Å². The molecule has 0 amide bonds. The molecule has 0 radical (unpaired) electrons. The van der Waals surface area contributed by atoms with Gasteiger partial charge in [-0.3, -0.25) is 9.69 Å². The number of pyridine rings is 1. The van der Waals surface area contributed by atoms with E-state index in [1.807, 2.05) is 54.6 Å². The molecular weight excluding hydrogens is 496 g/mol. The number of nitrogens with zero attached hydrogens (tertiary/aromatic N) is 5. The van der Waals surface area contributed by atoms with E-state index >= 15 is 0 Å². The molecule has 1 N–H and O–H groups in total. The minimum absolute atomic E-state index is 0.0275. The number of hydrogen-bond donors (Lipinski definition) is 1. The summed E-state index contributed by atoms with van der Waals surface area (Å²) in [5.41, 5.74) is 2.14. The highest BCUT2D eigenvalue weighted by Crippen LogP contribution is 2.31. The molecular formula is C29H30N6O4. The van der Waals surface area contributed by atoms with Gasteiger partial charge in [-0.2, -0.15) is 0 Å². The van der Waals surface area contributed by atoms with Crippen LogP contribution in [-0.4, -0.2) is 49.9 Å². The summed E-state index contributed by atoms with van der Waals surface area (Å²) in [7, 11) is 1.63. The first-order valence-electron chi connectivity index (χ1n) is 13.1. The number of H-pyrrole nitrogens is 1. The molecule has 0 bridgehead atoms. The van der Waals surface area contributed by atoms with Gasteiger partial charge in [0.15, 0.2) is 5.82 Å². The SMILES string of the molecule is COc1ccc2[nH]c(=O)c(C(c3nnnn3CC3CCCO3)N(Cc3ccccc3)Cc3ccco3)cc2c1. The van der Waals surface area contributed by atoms with Crippen molar-refractivity contribution in [2.45, 2.75) is 44.6 Å². The number of ether oxygens (including phenoxy) is 2. The second-order valence-electron chi connectivity index (χ2n) is 9.73. The molecule has 0 spiro atoms. The number of fused-ring (bicyclic) bond motifs is 1. The summed E-state index contributed by atoms with van der Waals surface area (Å²) in [5, 5.41) is 13.7. The van der Waals surface area contributed by atoms with E-state index in [0.29, 0.717) is 36.8 Å². The summed E-state index contributed by atoms with van der Waals surface area (Å²) in [6, 6.07) is 20.8. The highest BCUT2D eigenvalue weighted by molar-refractivity contribution is 5.80. The number of hydrogen-bond acceptors (Lipinski definition) is 8. The first-order chi connectivity index (χ1) is 19.2. The maximum atomic E-state index is 13.7. The molecule has 0 saturated carbocycles. The van der Waals surface area contributed by atoms with Crippen molar-refractivity contribution in [2.75, 3.05) is 13.7 Å². The number of aromatic nitrogens is 5. The molecule has 4 heterocycles. The van der Waals surface area contributed by atoms with Crippen LogP contribution in [0.5, 0.6) is 5.75 Å². The Morgan fingerprint density at radius 2 is 2.03 bits per heavy atom. The average molecular weight is 527 g/mol. The zero-order valence-electron chi connectivity index (χ0n) is 21.7. The van der Waals surface area contributed by atoms with Crippen LogP contribution in [0.25, 0.3) is 10.9 Å². The number of furan rings is 1. The van der Waals surface area contributed by atoms with E-state index in [4.69, 9.17) is 13.9 Å². The van der Waals surface area contributed by atoms with Crippen molar-refractivity contribution in [1.82, 2.24) is 30.1 Å². The summed E-state index contributed by atoms with van der Waals surface area (Å²) in [6.45, 7) is 2.22. The predicted molar refractivity (Wildman–Crippen MR) is 144 cm³/mol. The molecule has 10 heteroatoms. The largest absolute Gasteiger partial charge is 0.497 e. The highest BCUT2D eigenvalue weighted by Gasteiger charge is 2.32. The summed E-state index contributed by atoms with van der Waals surface area (Å²) in [6.07, 6.45) is 3.64. The molecule has 200 valence electrons. The van der Waals surface area contributed by atoms with Crippen molar-refractivity contribution < 1.29 is 13.9 Å². The molecule has 2 unspecified atom stereocenters. The Morgan fingerprint density at radius 1 is 1.13 bits per heavy atom. The summed E-state index contributed by atoms with van der Waals surface area (Å²) >= 11 is 0. The molecule has 1 saturated heterocycles. The maximum absolute atomic E-state index is 13.7. The molecule has 2 aromatic carbocycles. The summed E-state index contributed by atoms with van der Waals surface area (Å²) < 4.78 is 18.9. The highest BCUT2D eigenvalue weighted by atomic mass is 16.5. The van der Waals surface area contributed by atoms with Gasteiger partial charge in [0.1, 0.15) is 17.6 Å². The van der Waals surface area contributed by atoms with E-state index in [9.17, 15) is 4.79 Å². The van der Waals surface area contributed by atoms with Crippen LogP contribution in [0.15, 0.2) is 82.2 Å². The Morgan fingerprint density at radius 3 is 2.79 bits per heavy atom. The minimum atomic E-state index is -0.578. The van der Waals surface area contributed by atoms with Gasteiger partial charge < -0.3 is 18.9 Å². The average Bonchev–Trinajstić information content (AvgIpc) is 3.75. The van der Waals surface area contributed by atoms with Crippen molar-refractivity contribution >= 4 is 10.9 Å². The second kappa shape index (κ2) is 11.2. The predicted octanol–water partition coefficient (Wildman–Crippen LogP) is 4.09. The van der Waals surface area contributed by atoms with Crippen molar-refractivity contribution in [3.05, 3.63) is 106 Å². The fraction of sp³-hybridized carbons (Fsp3) is 0.310. The lowest BCUT2D eigenvalue weighted by Crippen LogP contribution is -2.35. The van der Waals surface area contributed by atoms with Crippen LogP contribution in [0.2, 0.25) is 0 Å². The van der Waals surface area contributed by atoms with Gasteiger partial charge in [-0.25, -0.2) is 4.68 Å². The van der Waals surface area contributed by atoms with Crippen LogP contribution in [0.3, 0.4) is 0 Å². The second-order valence-corrected chi connectivity index (χ2v) is 9.73. The lowest BCUT2D eigenvalue weighted by Gasteiger charge is -2.30. The van der Waals surface area contributed by atoms with Crippen LogP contribution in [-0.2, 0) is 24.4 Å². The Labute approximate surface area is 225 Å². The molecule has 39 heavy (non-hydrogen) atoms. The number of aromatic amines is 1. The maximum Gasteiger partial charge on any atom is 0.253 e. The van der Waals surface area contributed by atoms with Gasteiger partial charge in [0, 0.05) is 29.6 Å². The van der Waals surface area contributed by atoms with Crippen LogP contribution in [0, 0.1) is 0 Å². The van der Waals surface area contributed by atoms with Crippen LogP contribution in [0.1, 0.15) is 41.6 Å².